The van der Waals surface area contributed by atoms with Gasteiger partial charge in [0.05, 0.1) is 6.10 Å². The number of rotatable bonds is 4. The van der Waals surface area contributed by atoms with Crippen molar-refractivity contribution in [3.05, 3.63) is 59.7 Å². The summed E-state index contributed by atoms with van der Waals surface area (Å²) in [7, 11) is 0. The van der Waals surface area contributed by atoms with Gasteiger partial charge in [0.1, 0.15) is 11.9 Å². The summed E-state index contributed by atoms with van der Waals surface area (Å²) in [6, 6.07) is 14.8. The predicted molar refractivity (Wildman–Crippen MR) is 77.1 cm³/mol. The lowest BCUT2D eigenvalue weighted by atomic mass is 10.00. The monoisotopic (exact) mass is 257 g/mol. The maximum Gasteiger partial charge on any atom is 0.119 e. The van der Waals surface area contributed by atoms with Gasteiger partial charge in [0.25, 0.3) is 0 Å². The van der Waals surface area contributed by atoms with Crippen LogP contribution in [0, 0.1) is 0 Å². The van der Waals surface area contributed by atoms with Crippen molar-refractivity contribution in [2.45, 2.75) is 26.1 Å². The van der Waals surface area contributed by atoms with Crippen LogP contribution >= 0.6 is 0 Å². The number of aliphatic hydroxyl groups is 1. The molecule has 0 amide bonds. The standard InChI is InChI=1S/C16H19NO2/c1-11(2)19-13-9-7-12(8-10-13)16(18)14-5-3-4-6-15(14)17/h3-11,16,18H,17H2,1-2H3. The molecule has 0 aliphatic carbocycles. The van der Waals surface area contributed by atoms with Gasteiger partial charge in [-0.1, -0.05) is 30.3 Å². The van der Waals surface area contributed by atoms with E-state index in [1.54, 1.807) is 6.07 Å². The van der Waals surface area contributed by atoms with Crippen LogP contribution in [-0.2, 0) is 0 Å². The van der Waals surface area contributed by atoms with Gasteiger partial charge in [-0.2, -0.15) is 0 Å². The lowest BCUT2D eigenvalue weighted by molar-refractivity contribution is 0.220. The third-order valence-electron chi connectivity index (χ3n) is 2.86. The van der Waals surface area contributed by atoms with Crippen LogP contribution in [0.15, 0.2) is 48.5 Å². The fraction of sp³-hybridized carbons (Fsp3) is 0.250. The number of hydrogen-bond donors (Lipinski definition) is 2. The zero-order valence-corrected chi connectivity index (χ0v) is 11.2. The Morgan fingerprint density at radius 2 is 1.63 bits per heavy atom. The van der Waals surface area contributed by atoms with Crippen molar-refractivity contribution in [1.29, 1.82) is 0 Å². The second-order valence-corrected chi connectivity index (χ2v) is 4.77. The molecule has 19 heavy (non-hydrogen) atoms. The molecule has 3 heteroatoms. The van der Waals surface area contributed by atoms with Crippen LogP contribution in [0.1, 0.15) is 31.1 Å². The number of para-hydroxylation sites is 1. The lowest BCUT2D eigenvalue weighted by Crippen LogP contribution is -2.06. The lowest BCUT2D eigenvalue weighted by Gasteiger charge is -2.15. The van der Waals surface area contributed by atoms with E-state index < -0.39 is 6.10 Å². The smallest absolute Gasteiger partial charge is 0.119 e. The molecule has 2 aromatic rings. The molecule has 0 aliphatic heterocycles. The van der Waals surface area contributed by atoms with E-state index in [-0.39, 0.29) is 6.10 Å². The quantitative estimate of drug-likeness (QED) is 0.827. The molecule has 1 unspecified atom stereocenters. The van der Waals surface area contributed by atoms with E-state index in [0.29, 0.717) is 5.69 Å². The van der Waals surface area contributed by atoms with Crippen molar-refractivity contribution in [3.8, 4) is 5.75 Å². The number of anilines is 1. The molecule has 0 aliphatic rings. The molecule has 3 nitrogen and oxygen atoms in total. The minimum absolute atomic E-state index is 0.139. The summed E-state index contributed by atoms with van der Waals surface area (Å²) in [5.74, 6) is 0.798. The average Bonchev–Trinajstić information content (AvgIpc) is 2.39. The van der Waals surface area contributed by atoms with Crippen molar-refractivity contribution in [1.82, 2.24) is 0 Å². The summed E-state index contributed by atoms with van der Waals surface area (Å²) in [5.41, 5.74) is 7.99. The number of benzene rings is 2. The van der Waals surface area contributed by atoms with E-state index >= 15 is 0 Å². The molecule has 2 aromatic carbocycles. The third-order valence-corrected chi connectivity index (χ3v) is 2.86. The summed E-state index contributed by atoms with van der Waals surface area (Å²) in [5, 5.41) is 10.3. The molecule has 1 atom stereocenters. The Kier molecular flexibility index (Phi) is 4.07. The molecule has 0 spiro atoms. The molecule has 0 saturated heterocycles. The number of nitrogens with two attached hydrogens (primary N) is 1. The number of nitrogen functional groups attached to an aromatic ring is 1. The Morgan fingerprint density at radius 1 is 1.00 bits per heavy atom. The zero-order chi connectivity index (χ0) is 13.8. The predicted octanol–water partition coefficient (Wildman–Crippen LogP) is 3.14. The van der Waals surface area contributed by atoms with Crippen molar-refractivity contribution in [2.75, 3.05) is 5.73 Å². The van der Waals surface area contributed by atoms with Crippen LogP contribution < -0.4 is 10.5 Å². The number of hydrogen-bond acceptors (Lipinski definition) is 3. The fourth-order valence-corrected chi connectivity index (χ4v) is 1.94. The van der Waals surface area contributed by atoms with Crippen LogP contribution in [0.25, 0.3) is 0 Å². The maximum absolute atomic E-state index is 10.3. The molecule has 0 bridgehead atoms. The van der Waals surface area contributed by atoms with Gasteiger partial charge in [-0.05, 0) is 37.6 Å². The Hall–Kier alpha value is -2.00. The molecule has 0 saturated carbocycles. The summed E-state index contributed by atoms with van der Waals surface area (Å²) in [4.78, 5) is 0. The highest BCUT2D eigenvalue weighted by Gasteiger charge is 2.12. The molecule has 2 rings (SSSR count). The van der Waals surface area contributed by atoms with E-state index in [4.69, 9.17) is 10.5 Å². The second-order valence-electron chi connectivity index (χ2n) is 4.77. The van der Waals surface area contributed by atoms with Gasteiger partial charge < -0.3 is 15.6 Å². The minimum Gasteiger partial charge on any atom is -0.491 e. The van der Waals surface area contributed by atoms with E-state index in [0.717, 1.165) is 16.9 Å². The van der Waals surface area contributed by atoms with Crippen LogP contribution in [0.4, 0.5) is 5.69 Å². The molecular weight excluding hydrogens is 238 g/mol. The Labute approximate surface area is 113 Å². The van der Waals surface area contributed by atoms with Gasteiger partial charge in [-0.15, -0.1) is 0 Å². The Bertz CT molecular complexity index is 535. The van der Waals surface area contributed by atoms with Crippen LogP contribution in [0.2, 0.25) is 0 Å². The van der Waals surface area contributed by atoms with Crippen LogP contribution in [0.3, 0.4) is 0 Å². The first kappa shape index (κ1) is 13.4. The molecule has 100 valence electrons. The average molecular weight is 257 g/mol. The molecule has 0 fully saturated rings. The highest BCUT2D eigenvalue weighted by molar-refractivity contribution is 5.50. The zero-order valence-electron chi connectivity index (χ0n) is 11.2. The first-order valence-corrected chi connectivity index (χ1v) is 6.37. The largest absolute Gasteiger partial charge is 0.491 e. The molecule has 3 N–H and O–H groups in total. The highest BCUT2D eigenvalue weighted by Crippen LogP contribution is 2.27. The van der Waals surface area contributed by atoms with Crippen LogP contribution in [0.5, 0.6) is 5.75 Å². The van der Waals surface area contributed by atoms with Gasteiger partial charge in [0.2, 0.25) is 0 Å². The van der Waals surface area contributed by atoms with Gasteiger partial charge in [0.15, 0.2) is 0 Å². The molecule has 0 radical (unpaired) electrons. The van der Waals surface area contributed by atoms with Gasteiger partial charge in [-0.3, -0.25) is 0 Å². The van der Waals surface area contributed by atoms with E-state index in [1.165, 1.54) is 0 Å². The first-order chi connectivity index (χ1) is 9.08. The normalized spacial score (nSPS) is 12.4. The number of aliphatic hydroxyl groups excluding tert-OH is 1. The van der Waals surface area contributed by atoms with E-state index in [2.05, 4.69) is 0 Å². The Morgan fingerprint density at radius 3 is 2.21 bits per heavy atom. The SMILES string of the molecule is CC(C)Oc1ccc(C(O)c2ccccc2N)cc1. The van der Waals surface area contributed by atoms with Gasteiger partial charge in [-0.25, -0.2) is 0 Å². The minimum atomic E-state index is -0.714. The molecule has 0 heterocycles. The summed E-state index contributed by atoms with van der Waals surface area (Å²) >= 11 is 0. The molecular formula is C16H19NO2. The van der Waals surface area contributed by atoms with E-state index in [1.807, 2.05) is 56.3 Å². The van der Waals surface area contributed by atoms with Crippen molar-refractivity contribution in [2.24, 2.45) is 0 Å². The van der Waals surface area contributed by atoms with Crippen molar-refractivity contribution < 1.29 is 9.84 Å². The van der Waals surface area contributed by atoms with Crippen LogP contribution in [-0.4, -0.2) is 11.2 Å². The van der Waals surface area contributed by atoms with Crippen molar-refractivity contribution in [3.63, 3.8) is 0 Å². The maximum atomic E-state index is 10.3. The molecule has 0 aromatic heterocycles. The fourth-order valence-electron chi connectivity index (χ4n) is 1.94. The first-order valence-electron chi connectivity index (χ1n) is 6.37. The highest BCUT2D eigenvalue weighted by atomic mass is 16.5. The summed E-state index contributed by atoms with van der Waals surface area (Å²) in [6.45, 7) is 3.96. The summed E-state index contributed by atoms with van der Waals surface area (Å²) < 4.78 is 5.57. The number of ether oxygens (including phenoxy) is 1. The van der Waals surface area contributed by atoms with Gasteiger partial charge >= 0.3 is 0 Å². The Balaban J connectivity index is 2.20. The third kappa shape index (κ3) is 3.26. The van der Waals surface area contributed by atoms with Crippen molar-refractivity contribution >= 4 is 5.69 Å². The topological polar surface area (TPSA) is 55.5 Å². The van der Waals surface area contributed by atoms with Gasteiger partial charge in [0, 0.05) is 11.3 Å². The van der Waals surface area contributed by atoms with E-state index in [9.17, 15) is 5.11 Å². The second kappa shape index (κ2) is 5.76. The summed E-state index contributed by atoms with van der Waals surface area (Å²) in [6.07, 6.45) is -0.574.